The Morgan fingerprint density at radius 2 is 1.85 bits per heavy atom. The molecule has 0 spiro atoms. The van der Waals surface area contributed by atoms with Crippen LogP contribution in [-0.4, -0.2) is 26.8 Å². The standard InChI is InChI=1S/C21H20O5/c1-23-19-5-3-4-17(21(19)24-2)15-8-14(9-16(22)10-15)13-6-7-18-20(11-13)26-12-25-18/h3-7,10-11,14H,8-9,12H2,1-2H3/t14-/m1/s1. The molecule has 0 aromatic heterocycles. The monoisotopic (exact) mass is 352 g/mol. The van der Waals surface area contributed by atoms with Gasteiger partial charge >= 0.3 is 0 Å². The second-order valence-corrected chi connectivity index (χ2v) is 6.39. The van der Waals surface area contributed by atoms with E-state index in [1.807, 2.05) is 36.4 Å². The van der Waals surface area contributed by atoms with Crippen LogP contribution < -0.4 is 18.9 Å². The normalized spacial score (nSPS) is 18.5. The van der Waals surface area contributed by atoms with Gasteiger partial charge < -0.3 is 18.9 Å². The van der Waals surface area contributed by atoms with Gasteiger partial charge in [0.1, 0.15) is 0 Å². The molecule has 2 aromatic carbocycles. The van der Waals surface area contributed by atoms with Crippen molar-refractivity contribution in [2.75, 3.05) is 21.0 Å². The van der Waals surface area contributed by atoms with Crippen LogP contribution in [0, 0.1) is 0 Å². The molecule has 2 aromatic rings. The van der Waals surface area contributed by atoms with Gasteiger partial charge in [0, 0.05) is 12.0 Å². The van der Waals surface area contributed by atoms with Crippen LogP contribution in [0.3, 0.4) is 0 Å². The Morgan fingerprint density at radius 1 is 1.00 bits per heavy atom. The molecule has 134 valence electrons. The van der Waals surface area contributed by atoms with E-state index in [-0.39, 0.29) is 18.5 Å². The van der Waals surface area contributed by atoms with E-state index in [9.17, 15) is 4.79 Å². The van der Waals surface area contributed by atoms with Gasteiger partial charge in [-0.2, -0.15) is 0 Å². The number of allylic oxidation sites excluding steroid dienone is 2. The van der Waals surface area contributed by atoms with E-state index in [4.69, 9.17) is 18.9 Å². The molecule has 1 aliphatic carbocycles. The molecule has 26 heavy (non-hydrogen) atoms. The van der Waals surface area contributed by atoms with Crippen molar-refractivity contribution in [3.63, 3.8) is 0 Å². The molecule has 5 heteroatoms. The first-order valence-corrected chi connectivity index (χ1v) is 8.54. The maximum absolute atomic E-state index is 12.4. The summed E-state index contributed by atoms with van der Waals surface area (Å²) in [5.41, 5.74) is 2.93. The molecule has 0 saturated carbocycles. The number of rotatable bonds is 4. The quantitative estimate of drug-likeness (QED) is 0.834. The lowest BCUT2D eigenvalue weighted by Crippen LogP contribution is -2.13. The number of hydrogen-bond acceptors (Lipinski definition) is 5. The summed E-state index contributed by atoms with van der Waals surface area (Å²) in [5.74, 6) is 3.00. The number of hydrogen-bond donors (Lipinski definition) is 0. The van der Waals surface area contributed by atoms with E-state index >= 15 is 0 Å². The predicted molar refractivity (Wildman–Crippen MR) is 97.1 cm³/mol. The number of para-hydroxylation sites is 1. The minimum absolute atomic E-state index is 0.0907. The summed E-state index contributed by atoms with van der Waals surface area (Å²) in [6, 6.07) is 11.6. The Labute approximate surface area is 152 Å². The summed E-state index contributed by atoms with van der Waals surface area (Å²) in [4.78, 5) is 12.4. The lowest BCUT2D eigenvalue weighted by molar-refractivity contribution is -0.115. The molecule has 0 N–H and O–H groups in total. The van der Waals surface area contributed by atoms with E-state index in [0.717, 1.165) is 34.6 Å². The van der Waals surface area contributed by atoms with Gasteiger partial charge in [-0.1, -0.05) is 18.2 Å². The highest BCUT2D eigenvalue weighted by molar-refractivity contribution is 6.00. The lowest BCUT2D eigenvalue weighted by Gasteiger charge is -2.24. The van der Waals surface area contributed by atoms with Crippen molar-refractivity contribution in [3.05, 3.63) is 53.6 Å². The average Bonchev–Trinajstić information content (AvgIpc) is 3.14. The smallest absolute Gasteiger partial charge is 0.231 e. The van der Waals surface area contributed by atoms with Gasteiger partial charge in [0.25, 0.3) is 0 Å². The van der Waals surface area contributed by atoms with Crippen LogP contribution in [0.4, 0.5) is 0 Å². The maximum Gasteiger partial charge on any atom is 0.231 e. The first kappa shape index (κ1) is 16.5. The molecule has 1 atom stereocenters. The molecule has 5 nitrogen and oxygen atoms in total. The molecule has 0 amide bonds. The third-order valence-corrected chi connectivity index (χ3v) is 4.87. The highest BCUT2D eigenvalue weighted by atomic mass is 16.7. The molecule has 0 radical (unpaired) electrons. The molecular weight excluding hydrogens is 332 g/mol. The highest BCUT2D eigenvalue weighted by Gasteiger charge is 2.26. The fraction of sp³-hybridized carbons (Fsp3) is 0.286. The van der Waals surface area contributed by atoms with Gasteiger partial charge in [-0.05, 0) is 47.8 Å². The summed E-state index contributed by atoms with van der Waals surface area (Å²) >= 11 is 0. The summed E-state index contributed by atoms with van der Waals surface area (Å²) < 4.78 is 21.8. The largest absolute Gasteiger partial charge is 0.493 e. The summed E-state index contributed by atoms with van der Waals surface area (Å²) in [5, 5.41) is 0. The molecule has 0 fully saturated rings. The van der Waals surface area contributed by atoms with Crippen molar-refractivity contribution in [3.8, 4) is 23.0 Å². The molecular formula is C21H20O5. The predicted octanol–water partition coefficient (Wildman–Crippen LogP) is 3.96. The van der Waals surface area contributed by atoms with E-state index in [0.29, 0.717) is 17.9 Å². The maximum atomic E-state index is 12.4. The Bertz CT molecular complexity index is 884. The molecule has 1 aliphatic heterocycles. The second kappa shape index (κ2) is 6.75. The van der Waals surface area contributed by atoms with E-state index < -0.39 is 0 Å². The minimum atomic E-state index is 0.0907. The first-order chi connectivity index (χ1) is 12.7. The number of benzene rings is 2. The number of fused-ring (bicyclic) bond motifs is 1. The van der Waals surface area contributed by atoms with Crippen molar-refractivity contribution in [2.24, 2.45) is 0 Å². The number of ketones is 1. The van der Waals surface area contributed by atoms with Gasteiger partial charge in [0.2, 0.25) is 6.79 Å². The SMILES string of the molecule is COc1cccc(C2=CC(=O)C[C@H](c3ccc4c(c3)OCO4)C2)c1OC. The average molecular weight is 352 g/mol. The van der Waals surface area contributed by atoms with Gasteiger partial charge in [-0.25, -0.2) is 0 Å². The first-order valence-electron chi connectivity index (χ1n) is 8.54. The van der Waals surface area contributed by atoms with E-state index in [1.54, 1.807) is 20.3 Å². The number of ether oxygens (including phenoxy) is 4. The number of methoxy groups -OCH3 is 2. The summed E-state index contributed by atoms with van der Waals surface area (Å²) in [6.45, 7) is 0.245. The topological polar surface area (TPSA) is 54.0 Å². The number of carbonyl (C=O) groups excluding carboxylic acids is 1. The third-order valence-electron chi connectivity index (χ3n) is 4.87. The van der Waals surface area contributed by atoms with Crippen LogP contribution in [0.2, 0.25) is 0 Å². The molecule has 0 unspecified atom stereocenters. The van der Waals surface area contributed by atoms with Crippen LogP contribution in [-0.2, 0) is 4.79 Å². The van der Waals surface area contributed by atoms with Crippen molar-refractivity contribution in [1.82, 2.24) is 0 Å². The van der Waals surface area contributed by atoms with Crippen LogP contribution in [0.1, 0.15) is 29.9 Å². The Morgan fingerprint density at radius 3 is 2.65 bits per heavy atom. The Hall–Kier alpha value is -2.95. The molecule has 1 heterocycles. The van der Waals surface area contributed by atoms with Crippen molar-refractivity contribution in [2.45, 2.75) is 18.8 Å². The van der Waals surface area contributed by atoms with Crippen LogP contribution in [0.25, 0.3) is 5.57 Å². The van der Waals surface area contributed by atoms with Gasteiger partial charge in [-0.15, -0.1) is 0 Å². The van der Waals surface area contributed by atoms with Gasteiger partial charge in [0.05, 0.1) is 14.2 Å². The van der Waals surface area contributed by atoms with E-state index in [2.05, 4.69) is 0 Å². The van der Waals surface area contributed by atoms with Gasteiger partial charge in [0.15, 0.2) is 28.8 Å². The second-order valence-electron chi connectivity index (χ2n) is 6.39. The van der Waals surface area contributed by atoms with Gasteiger partial charge in [-0.3, -0.25) is 4.79 Å². The number of carbonyl (C=O) groups is 1. The fourth-order valence-electron chi connectivity index (χ4n) is 3.62. The zero-order valence-corrected chi connectivity index (χ0v) is 14.8. The highest BCUT2D eigenvalue weighted by Crippen LogP contribution is 2.43. The van der Waals surface area contributed by atoms with Crippen molar-refractivity contribution >= 4 is 11.4 Å². The Kier molecular flexibility index (Phi) is 4.29. The third kappa shape index (κ3) is 2.90. The summed E-state index contributed by atoms with van der Waals surface area (Å²) in [7, 11) is 3.22. The molecule has 2 aliphatic rings. The fourth-order valence-corrected chi connectivity index (χ4v) is 3.62. The van der Waals surface area contributed by atoms with Crippen molar-refractivity contribution < 1.29 is 23.7 Å². The van der Waals surface area contributed by atoms with Crippen LogP contribution in [0.5, 0.6) is 23.0 Å². The zero-order valence-electron chi connectivity index (χ0n) is 14.8. The van der Waals surface area contributed by atoms with Crippen LogP contribution >= 0.6 is 0 Å². The van der Waals surface area contributed by atoms with E-state index in [1.165, 1.54) is 0 Å². The lowest BCUT2D eigenvalue weighted by atomic mass is 9.80. The summed E-state index contributed by atoms with van der Waals surface area (Å²) in [6.07, 6.45) is 2.95. The molecule has 4 rings (SSSR count). The molecule has 0 bridgehead atoms. The van der Waals surface area contributed by atoms with Crippen molar-refractivity contribution in [1.29, 1.82) is 0 Å². The molecule has 0 saturated heterocycles. The minimum Gasteiger partial charge on any atom is -0.493 e. The van der Waals surface area contributed by atoms with Crippen LogP contribution in [0.15, 0.2) is 42.5 Å². The Balaban J connectivity index is 1.68. The zero-order chi connectivity index (χ0) is 18.1.